The molecule has 3 nitrogen and oxygen atoms in total. The SMILES string of the molecule is O=C(CC(F)(F)F)CC1(C(=O)O)CCCCC1. The highest BCUT2D eigenvalue weighted by Gasteiger charge is 2.43. The summed E-state index contributed by atoms with van der Waals surface area (Å²) in [7, 11) is 0. The molecule has 1 fully saturated rings. The molecule has 0 amide bonds. The molecule has 0 radical (unpaired) electrons. The molecule has 0 spiro atoms. The number of Topliss-reactive ketones (excluding diaryl/α,β-unsaturated/α-hetero) is 1. The van der Waals surface area contributed by atoms with E-state index in [2.05, 4.69) is 0 Å². The topological polar surface area (TPSA) is 54.4 Å². The summed E-state index contributed by atoms with van der Waals surface area (Å²) < 4.78 is 36.1. The van der Waals surface area contributed by atoms with Gasteiger partial charge in [0, 0.05) is 6.42 Å². The molecule has 0 bridgehead atoms. The lowest BCUT2D eigenvalue weighted by Crippen LogP contribution is -2.36. The second kappa shape index (κ2) is 5.06. The van der Waals surface area contributed by atoms with E-state index in [1.54, 1.807) is 0 Å². The van der Waals surface area contributed by atoms with Crippen molar-refractivity contribution in [2.75, 3.05) is 0 Å². The van der Waals surface area contributed by atoms with Gasteiger partial charge in [0.25, 0.3) is 0 Å². The second-order valence-corrected chi connectivity index (χ2v) is 4.65. The predicted octanol–water partition coefficient (Wildman–Crippen LogP) is 2.93. The van der Waals surface area contributed by atoms with Crippen LogP contribution in [0.15, 0.2) is 0 Å². The number of carbonyl (C=O) groups is 2. The first-order valence-corrected chi connectivity index (χ1v) is 5.57. The first-order chi connectivity index (χ1) is 7.75. The lowest BCUT2D eigenvalue weighted by Gasteiger charge is -2.32. The van der Waals surface area contributed by atoms with E-state index < -0.39 is 36.2 Å². The minimum atomic E-state index is -4.55. The lowest BCUT2D eigenvalue weighted by atomic mass is 9.70. The first-order valence-electron chi connectivity index (χ1n) is 5.57. The third-order valence-corrected chi connectivity index (χ3v) is 3.20. The summed E-state index contributed by atoms with van der Waals surface area (Å²) in [6.07, 6.45) is -3.78. The van der Waals surface area contributed by atoms with Crippen LogP contribution in [0.25, 0.3) is 0 Å². The van der Waals surface area contributed by atoms with Crippen molar-refractivity contribution in [2.45, 2.75) is 51.1 Å². The summed E-state index contributed by atoms with van der Waals surface area (Å²) in [6, 6.07) is 0. The Balaban J connectivity index is 2.67. The highest BCUT2D eigenvalue weighted by Crippen LogP contribution is 2.40. The van der Waals surface area contributed by atoms with Crippen LogP contribution in [0.2, 0.25) is 0 Å². The Morgan fingerprint density at radius 3 is 2.06 bits per heavy atom. The number of halogens is 3. The third kappa shape index (κ3) is 4.02. The van der Waals surface area contributed by atoms with Gasteiger partial charge in [-0.1, -0.05) is 19.3 Å². The molecule has 0 atom stereocenters. The summed E-state index contributed by atoms with van der Waals surface area (Å²) in [5.74, 6) is -2.17. The number of carbonyl (C=O) groups excluding carboxylic acids is 1. The van der Waals surface area contributed by atoms with Crippen LogP contribution in [-0.4, -0.2) is 23.0 Å². The van der Waals surface area contributed by atoms with Gasteiger partial charge in [-0.3, -0.25) is 9.59 Å². The third-order valence-electron chi connectivity index (χ3n) is 3.20. The Labute approximate surface area is 97.0 Å². The zero-order valence-electron chi connectivity index (χ0n) is 9.35. The quantitative estimate of drug-likeness (QED) is 0.836. The van der Waals surface area contributed by atoms with Crippen LogP contribution in [0, 0.1) is 5.41 Å². The van der Waals surface area contributed by atoms with Gasteiger partial charge in [-0.15, -0.1) is 0 Å². The Morgan fingerprint density at radius 2 is 1.65 bits per heavy atom. The van der Waals surface area contributed by atoms with Gasteiger partial charge in [-0.2, -0.15) is 13.2 Å². The van der Waals surface area contributed by atoms with Gasteiger partial charge in [0.15, 0.2) is 0 Å². The molecule has 1 rings (SSSR count). The minimum absolute atomic E-state index is 0.298. The van der Waals surface area contributed by atoms with E-state index in [0.717, 1.165) is 6.42 Å². The largest absolute Gasteiger partial charge is 0.481 e. The maximum absolute atomic E-state index is 12.0. The van der Waals surface area contributed by atoms with Crippen molar-refractivity contribution in [1.82, 2.24) is 0 Å². The summed E-state index contributed by atoms with van der Waals surface area (Å²) in [5, 5.41) is 9.10. The smallest absolute Gasteiger partial charge is 0.395 e. The molecule has 0 saturated heterocycles. The average molecular weight is 252 g/mol. The lowest BCUT2D eigenvalue weighted by molar-refractivity contribution is -0.161. The molecule has 1 saturated carbocycles. The van der Waals surface area contributed by atoms with Crippen molar-refractivity contribution in [2.24, 2.45) is 5.41 Å². The molecule has 0 aliphatic heterocycles. The second-order valence-electron chi connectivity index (χ2n) is 4.65. The fourth-order valence-electron chi connectivity index (χ4n) is 2.36. The highest BCUT2D eigenvalue weighted by atomic mass is 19.4. The van der Waals surface area contributed by atoms with E-state index in [0.29, 0.717) is 25.7 Å². The Bertz CT molecular complexity index is 304. The summed E-state index contributed by atoms with van der Waals surface area (Å²) in [4.78, 5) is 22.4. The number of ketones is 1. The maximum Gasteiger partial charge on any atom is 0.395 e. The molecule has 1 N–H and O–H groups in total. The summed E-state index contributed by atoms with van der Waals surface area (Å²) >= 11 is 0. The molecular weight excluding hydrogens is 237 g/mol. The Morgan fingerprint density at radius 1 is 1.12 bits per heavy atom. The molecule has 6 heteroatoms. The van der Waals surface area contributed by atoms with Gasteiger partial charge in [0.1, 0.15) is 12.2 Å². The van der Waals surface area contributed by atoms with E-state index in [9.17, 15) is 22.8 Å². The highest BCUT2D eigenvalue weighted by molar-refractivity contribution is 5.86. The van der Waals surface area contributed by atoms with Crippen molar-refractivity contribution in [3.05, 3.63) is 0 Å². The molecule has 1 aliphatic carbocycles. The standard InChI is InChI=1S/C11H15F3O3/c12-11(13,14)7-8(15)6-10(9(16)17)4-2-1-3-5-10/h1-7H2,(H,16,17). The van der Waals surface area contributed by atoms with E-state index in [4.69, 9.17) is 5.11 Å². The Hall–Kier alpha value is -1.07. The molecule has 0 heterocycles. The number of rotatable bonds is 4. The first kappa shape index (κ1) is 14.0. The van der Waals surface area contributed by atoms with Crippen LogP contribution < -0.4 is 0 Å². The fraction of sp³-hybridized carbons (Fsp3) is 0.818. The molecule has 98 valence electrons. The molecule has 0 aromatic heterocycles. The number of alkyl halides is 3. The van der Waals surface area contributed by atoms with Gasteiger partial charge in [-0.05, 0) is 12.8 Å². The van der Waals surface area contributed by atoms with Gasteiger partial charge in [0.05, 0.1) is 5.41 Å². The van der Waals surface area contributed by atoms with Gasteiger partial charge >= 0.3 is 12.1 Å². The number of hydrogen-bond acceptors (Lipinski definition) is 2. The van der Waals surface area contributed by atoms with Crippen LogP contribution in [0.3, 0.4) is 0 Å². The molecule has 0 unspecified atom stereocenters. The maximum atomic E-state index is 12.0. The van der Waals surface area contributed by atoms with Gasteiger partial charge in [0.2, 0.25) is 0 Å². The minimum Gasteiger partial charge on any atom is -0.481 e. The number of carboxylic acid groups (broad SMARTS) is 1. The Kier molecular flexibility index (Phi) is 4.16. The molecular formula is C11H15F3O3. The molecule has 0 aromatic rings. The molecule has 0 aromatic carbocycles. The van der Waals surface area contributed by atoms with Crippen LogP contribution in [0.4, 0.5) is 13.2 Å². The van der Waals surface area contributed by atoms with E-state index in [1.165, 1.54) is 0 Å². The van der Waals surface area contributed by atoms with E-state index >= 15 is 0 Å². The number of hydrogen-bond donors (Lipinski definition) is 1. The van der Waals surface area contributed by atoms with Crippen LogP contribution in [0.5, 0.6) is 0 Å². The normalized spacial score (nSPS) is 19.9. The van der Waals surface area contributed by atoms with E-state index in [-0.39, 0.29) is 0 Å². The van der Waals surface area contributed by atoms with Crippen molar-refractivity contribution in [3.63, 3.8) is 0 Å². The summed E-state index contributed by atoms with van der Waals surface area (Å²) in [5.41, 5.74) is -1.26. The van der Waals surface area contributed by atoms with Crippen LogP contribution in [0.1, 0.15) is 44.9 Å². The van der Waals surface area contributed by atoms with Crippen molar-refractivity contribution in [1.29, 1.82) is 0 Å². The van der Waals surface area contributed by atoms with Crippen molar-refractivity contribution >= 4 is 11.8 Å². The fourth-order valence-corrected chi connectivity index (χ4v) is 2.36. The molecule has 17 heavy (non-hydrogen) atoms. The zero-order chi connectivity index (χ0) is 13.1. The van der Waals surface area contributed by atoms with Crippen LogP contribution in [-0.2, 0) is 9.59 Å². The van der Waals surface area contributed by atoms with Crippen LogP contribution >= 0.6 is 0 Å². The van der Waals surface area contributed by atoms with Gasteiger partial charge in [-0.25, -0.2) is 0 Å². The predicted molar refractivity (Wildman–Crippen MR) is 53.4 cm³/mol. The zero-order valence-corrected chi connectivity index (χ0v) is 9.35. The molecule has 1 aliphatic rings. The summed E-state index contributed by atoms with van der Waals surface area (Å²) in [6.45, 7) is 0. The van der Waals surface area contributed by atoms with Crippen molar-refractivity contribution in [3.8, 4) is 0 Å². The number of aliphatic carboxylic acids is 1. The van der Waals surface area contributed by atoms with Crippen molar-refractivity contribution < 1.29 is 27.9 Å². The number of carboxylic acids is 1. The average Bonchev–Trinajstić information content (AvgIpc) is 2.15. The van der Waals surface area contributed by atoms with Gasteiger partial charge < -0.3 is 5.11 Å². The van der Waals surface area contributed by atoms with E-state index in [1.807, 2.05) is 0 Å². The monoisotopic (exact) mass is 252 g/mol.